The Bertz CT molecular complexity index is 1000. The monoisotopic (exact) mass is 407 g/mol. The van der Waals surface area contributed by atoms with E-state index in [1.165, 1.54) is 0 Å². The van der Waals surface area contributed by atoms with Gasteiger partial charge in [0.25, 0.3) is 11.8 Å². The maximum atomic E-state index is 12.3. The van der Waals surface area contributed by atoms with Crippen molar-refractivity contribution in [3.8, 4) is 11.5 Å². The van der Waals surface area contributed by atoms with Crippen molar-refractivity contribution in [2.75, 3.05) is 6.54 Å². The van der Waals surface area contributed by atoms with Crippen molar-refractivity contribution in [1.82, 2.24) is 15.5 Å². The van der Waals surface area contributed by atoms with Crippen LogP contribution < -0.4 is 5.32 Å². The van der Waals surface area contributed by atoms with Crippen LogP contribution in [-0.2, 0) is 14.9 Å². The largest absolute Gasteiger partial charge is 0.451 e. The fourth-order valence-corrected chi connectivity index (χ4v) is 2.76. The van der Waals surface area contributed by atoms with Crippen molar-refractivity contribution in [2.24, 2.45) is 0 Å². The molecule has 1 heterocycles. The lowest BCUT2D eigenvalue weighted by atomic mass is 9.87. The first-order chi connectivity index (χ1) is 14.2. The molecule has 0 unspecified atom stereocenters. The van der Waals surface area contributed by atoms with E-state index in [2.05, 4.69) is 36.3 Å². The van der Waals surface area contributed by atoms with E-state index in [0.717, 1.165) is 11.1 Å². The lowest BCUT2D eigenvalue weighted by Gasteiger charge is -2.19. The highest BCUT2D eigenvalue weighted by Crippen LogP contribution is 2.23. The predicted molar refractivity (Wildman–Crippen MR) is 112 cm³/mol. The predicted octanol–water partition coefficient (Wildman–Crippen LogP) is 4.07. The second-order valence-electron chi connectivity index (χ2n) is 7.95. The zero-order chi connectivity index (χ0) is 21.7. The molecule has 0 aliphatic rings. The molecule has 0 spiro atoms. The quantitative estimate of drug-likeness (QED) is 0.619. The normalized spacial score (nSPS) is 12.3. The molecule has 1 N–H and O–H groups in total. The summed E-state index contributed by atoms with van der Waals surface area (Å²) in [4.78, 5) is 24.4. The first-order valence-electron chi connectivity index (χ1n) is 9.71. The van der Waals surface area contributed by atoms with Crippen LogP contribution in [0.1, 0.15) is 55.6 Å². The SMILES string of the molecule is C[C@H](OC(=O)CNC(=O)c1ccc(C(C)(C)C)cc1)c1nnc(-c2ccccc2)o1. The van der Waals surface area contributed by atoms with Gasteiger partial charge in [-0.15, -0.1) is 10.2 Å². The van der Waals surface area contributed by atoms with Gasteiger partial charge in [0.05, 0.1) is 0 Å². The van der Waals surface area contributed by atoms with Gasteiger partial charge in [-0.05, 0) is 42.2 Å². The Hall–Kier alpha value is -3.48. The lowest BCUT2D eigenvalue weighted by molar-refractivity contribution is -0.148. The molecule has 156 valence electrons. The Morgan fingerprint density at radius 3 is 2.33 bits per heavy atom. The molecule has 7 nitrogen and oxygen atoms in total. The number of carbonyl (C=O) groups is 2. The van der Waals surface area contributed by atoms with E-state index in [-0.39, 0.29) is 23.8 Å². The average molecular weight is 407 g/mol. The maximum absolute atomic E-state index is 12.3. The van der Waals surface area contributed by atoms with E-state index < -0.39 is 12.1 Å². The Morgan fingerprint density at radius 1 is 1.03 bits per heavy atom. The summed E-state index contributed by atoms with van der Waals surface area (Å²) < 4.78 is 10.9. The number of carbonyl (C=O) groups excluding carboxylic acids is 2. The van der Waals surface area contributed by atoms with Gasteiger partial charge in [0.15, 0.2) is 6.10 Å². The van der Waals surface area contributed by atoms with Crippen molar-refractivity contribution in [3.05, 3.63) is 71.6 Å². The molecule has 0 aliphatic carbocycles. The highest BCUT2D eigenvalue weighted by molar-refractivity contribution is 5.95. The van der Waals surface area contributed by atoms with Gasteiger partial charge in [0.1, 0.15) is 6.54 Å². The smallest absolute Gasteiger partial charge is 0.326 e. The molecule has 30 heavy (non-hydrogen) atoms. The van der Waals surface area contributed by atoms with Crippen molar-refractivity contribution >= 4 is 11.9 Å². The average Bonchev–Trinajstić information content (AvgIpc) is 3.22. The number of ether oxygens (including phenoxy) is 1. The number of hydrogen-bond donors (Lipinski definition) is 1. The van der Waals surface area contributed by atoms with Gasteiger partial charge >= 0.3 is 5.97 Å². The topological polar surface area (TPSA) is 94.3 Å². The van der Waals surface area contributed by atoms with E-state index in [1.807, 2.05) is 42.5 Å². The standard InChI is InChI=1S/C23H25N3O4/c1-15(21-25-26-22(30-21)17-8-6-5-7-9-17)29-19(27)14-24-20(28)16-10-12-18(13-11-16)23(2,3)4/h5-13,15H,14H2,1-4H3,(H,24,28)/t15-/m0/s1. The third-order valence-corrected chi connectivity index (χ3v) is 4.52. The van der Waals surface area contributed by atoms with Crippen molar-refractivity contribution < 1.29 is 18.7 Å². The number of rotatable bonds is 6. The van der Waals surface area contributed by atoms with Crippen molar-refractivity contribution in [2.45, 2.75) is 39.2 Å². The maximum Gasteiger partial charge on any atom is 0.326 e. The van der Waals surface area contributed by atoms with Crippen LogP contribution in [0.15, 0.2) is 59.0 Å². The van der Waals surface area contributed by atoms with Crippen molar-refractivity contribution in [1.29, 1.82) is 0 Å². The zero-order valence-electron chi connectivity index (χ0n) is 17.5. The van der Waals surface area contributed by atoms with E-state index in [1.54, 1.807) is 19.1 Å². The van der Waals surface area contributed by atoms with Gasteiger partial charge in [-0.3, -0.25) is 9.59 Å². The lowest BCUT2D eigenvalue weighted by Crippen LogP contribution is -2.31. The van der Waals surface area contributed by atoms with Crippen LogP contribution in [0.2, 0.25) is 0 Å². The number of nitrogens with one attached hydrogen (secondary N) is 1. The van der Waals surface area contributed by atoms with Crippen LogP contribution in [0.4, 0.5) is 0 Å². The first-order valence-corrected chi connectivity index (χ1v) is 9.71. The number of esters is 1. The van der Waals surface area contributed by atoms with Crippen LogP contribution in [-0.4, -0.2) is 28.6 Å². The Kier molecular flexibility index (Phi) is 6.30. The van der Waals surface area contributed by atoms with Gasteiger partial charge in [0.2, 0.25) is 5.89 Å². The molecule has 1 amide bonds. The molecule has 1 atom stereocenters. The van der Waals surface area contributed by atoms with Crippen LogP contribution in [0, 0.1) is 0 Å². The summed E-state index contributed by atoms with van der Waals surface area (Å²) in [5, 5.41) is 10.5. The minimum Gasteiger partial charge on any atom is -0.451 e. The summed E-state index contributed by atoms with van der Waals surface area (Å²) >= 11 is 0. The number of amides is 1. The minimum atomic E-state index is -0.731. The van der Waals surface area contributed by atoms with Crippen LogP contribution in [0.25, 0.3) is 11.5 Å². The van der Waals surface area contributed by atoms with Crippen LogP contribution in [0.5, 0.6) is 0 Å². The molecule has 0 saturated heterocycles. The molecule has 0 radical (unpaired) electrons. The number of nitrogens with zero attached hydrogens (tertiary/aromatic N) is 2. The number of benzene rings is 2. The number of aromatic nitrogens is 2. The Labute approximate surface area is 175 Å². The molecule has 0 saturated carbocycles. The highest BCUT2D eigenvalue weighted by Gasteiger charge is 2.20. The summed E-state index contributed by atoms with van der Waals surface area (Å²) in [6.07, 6.45) is -0.731. The van der Waals surface area contributed by atoms with Gasteiger partial charge in [0, 0.05) is 11.1 Å². The van der Waals surface area contributed by atoms with E-state index in [4.69, 9.17) is 9.15 Å². The minimum absolute atomic E-state index is 0.00404. The molecule has 3 aromatic rings. The summed E-state index contributed by atoms with van der Waals surface area (Å²) in [7, 11) is 0. The highest BCUT2D eigenvalue weighted by atomic mass is 16.6. The third-order valence-electron chi connectivity index (χ3n) is 4.52. The van der Waals surface area contributed by atoms with Gasteiger partial charge in [-0.1, -0.05) is 51.1 Å². The van der Waals surface area contributed by atoms with Gasteiger partial charge in [-0.2, -0.15) is 0 Å². The van der Waals surface area contributed by atoms with Crippen molar-refractivity contribution in [3.63, 3.8) is 0 Å². The molecule has 3 rings (SSSR count). The number of hydrogen-bond acceptors (Lipinski definition) is 6. The van der Waals surface area contributed by atoms with E-state index >= 15 is 0 Å². The zero-order valence-corrected chi connectivity index (χ0v) is 17.5. The molecule has 2 aromatic carbocycles. The second-order valence-corrected chi connectivity index (χ2v) is 7.95. The third kappa shape index (κ3) is 5.31. The molecule has 7 heteroatoms. The summed E-state index contributed by atoms with van der Waals surface area (Å²) in [6.45, 7) is 7.68. The van der Waals surface area contributed by atoms with E-state index in [0.29, 0.717) is 11.5 Å². The molecular weight excluding hydrogens is 382 g/mol. The second kappa shape index (κ2) is 8.90. The summed E-state index contributed by atoms with van der Waals surface area (Å²) in [5.74, 6) is -0.405. The molecule has 0 aliphatic heterocycles. The summed E-state index contributed by atoms with van der Waals surface area (Å²) in [5.41, 5.74) is 2.39. The summed E-state index contributed by atoms with van der Waals surface area (Å²) in [6, 6.07) is 16.6. The fourth-order valence-electron chi connectivity index (χ4n) is 2.76. The molecular formula is C23H25N3O4. The van der Waals surface area contributed by atoms with Gasteiger partial charge in [-0.25, -0.2) is 0 Å². The van der Waals surface area contributed by atoms with E-state index in [9.17, 15) is 9.59 Å². The Balaban J connectivity index is 1.52. The fraction of sp³-hybridized carbons (Fsp3) is 0.304. The molecule has 0 fully saturated rings. The van der Waals surface area contributed by atoms with Crippen LogP contribution in [0.3, 0.4) is 0 Å². The molecule has 1 aromatic heterocycles. The van der Waals surface area contributed by atoms with Crippen LogP contribution >= 0.6 is 0 Å². The first kappa shape index (κ1) is 21.2. The molecule has 0 bridgehead atoms. The Morgan fingerprint density at radius 2 is 1.70 bits per heavy atom. The van der Waals surface area contributed by atoms with Gasteiger partial charge < -0.3 is 14.5 Å².